The number of ketones is 1. The molecule has 0 saturated carbocycles. The highest BCUT2D eigenvalue weighted by Crippen LogP contribution is 2.25. The van der Waals surface area contributed by atoms with Gasteiger partial charge >= 0.3 is 5.97 Å². The van der Waals surface area contributed by atoms with Crippen LogP contribution in [0.3, 0.4) is 0 Å². The van der Waals surface area contributed by atoms with Gasteiger partial charge in [0.2, 0.25) is 0 Å². The minimum absolute atomic E-state index is 0.0330. The molecule has 0 aliphatic rings. The van der Waals surface area contributed by atoms with Crippen LogP contribution >= 0.6 is 0 Å². The highest BCUT2D eigenvalue weighted by molar-refractivity contribution is 5.99. The SMILES string of the molecule is CCOC(=O)c1c(CC)c2c(=O)n(CC(=O)c3ccccc3)c(CC)cc2n1C. The smallest absolute Gasteiger partial charge is 0.355 e. The van der Waals surface area contributed by atoms with Crippen molar-refractivity contribution in [2.75, 3.05) is 6.61 Å². The molecule has 0 N–H and O–H groups in total. The number of ether oxygens (including phenoxy) is 1. The summed E-state index contributed by atoms with van der Waals surface area (Å²) < 4.78 is 8.47. The van der Waals surface area contributed by atoms with Crippen molar-refractivity contribution in [1.29, 1.82) is 0 Å². The van der Waals surface area contributed by atoms with Gasteiger partial charge in [0.15, 0.2) is 5.78 Å². The lowest BCUT2D eigenvalue weighted by molar-refractivity contribution is 0.0514. The van der Waals surface area contributed by atoms with Gasteiger partial charge in [0, 0.05) is 18.3 Å². The zero-order valence-corrected chi connectivity index (χ0v) is 17.3. The maximum Gasteiger partial charge on any atom is 0.355 e. The zero-order chi connectivity index (χ0) is 21.1. The summed E-state index contributed by atoms with van der Waals surface area (Å²) in [7, 11) is 1.77. The Kier molecular flexibility index (Phi) is 6.01. The maximum absolute atomic E-state index is 13.4. The van der Waals surface area contributed by atoms with Gasteiger partial charge < -0.3 is 13.9 Å². The fraction of sp³-hybridized carbons (Fsp3) is 0.348. The van der Waals surface area contributed by atoms with E-state index < -0.39 is 5.97 Å². The number of hydrogen-bond acceptors (Lipinski definition) is 4. The molecule has 152 valence electrons. The summed E-state index contributed by atoms with van der Waals surface area (Å²) in [6.07, 6.45) is 1.10. The molecule has 0 unspecified atom stereocenters. The minimum atomic E-state index is -0.438. The molecule has 0 spiro atoms. The number of aryl methyl sites for hydroxylation is 3. The Labute approximate surface area is 169 Å². The zero-order valence-electron chi connectivity index (χ0n) is 17.3. The first-order valence-corrected chi connectivity index (χ1v) is 9.93. The van der Waals surface area contributed by atoms with Crippen LogP contribution in [-0.2, 0) is 31.2 Å². The number of aromatic nitrogens is 2. The number of nitrogens with zero attached hydrogens (tertiary/aromatic N) is 2. The van der Waals surface area contributed by atoms with E-state index in [1.54, 1.807) is 42.8 Å². The van der Waals surface area contributed by atoms with Gasteiger partial charge in [-0.2, -0.15) is 0 Å². The van der Waals surface area contributed by atoms with E-state index in [1.807, 2.05) is 26.0 Å². The van der Waals surface area contributed by atoms with E-state index >= 15 is 0 Å². The average Bonchev–Trinajstić information content (AvgIpc) is 3.02. The third kappa shape index (κ3) is 3.62. The van der Waals surface area contributed by atoms with Crippen molar-refractivity contribution in [3.05, 3.63) is 69.3 Å². The molecule has 2 heterocycles. The molecule has 3 rings (SSSR count). The molecule has 0 amide bonds. The van der Waals surface area contributed by atoms with E-state index in [-0.39, 0.29) is 24.5 Å². The van der Waals surface area contributed by atoms with Crippen molar-refractivity contribution < 1.29 is 14.3 Å². The van der Waals surface area contributed by atoms with Gasteiger partial charge in [0.05, 0.1) is 24.1 Å². The summed E-state index contributed by atoms with van der Waals surface area (Å²) in [5, 5.41) is 0.483. The Hall–Kier alpha value is -3.15. The Morgan fingerprint density at radius 2 is 1.72 bits per heavy atom. The number of esters is 1. The number of pyridine rings is 1. The van der Waals surface area contributed by atoms with Crippen molar-refractivity contribution in [3.63, 3.8) is 0 Å². The molecular formula is C23H26N2O4. The fourth-order valence-corrected chi connectivity index (χ4v) is 3.80. The van der Waals surface area contributed by atoms with Crippen LogP contribution in [-0.4, -0.2) is 27.5 Å². The Bertz CT molecular complexity index is 1120. The van der Waals surface area contributed by atoms with E-state index in [9.17, 15) is 14.4 Å². The van der Waals surface area contributed by atoms with Gasteiger partial charge in [-0.05, 0) is 31.4 Å². The number of fused-ring (bicyclic) bond motifs is 1. The number of hydrogen-bond donors (Lipinski definition) is 0. The van der Waals surface area contributed by atoms with Crippen LogP contribution in [0.1, 0.15) is 52.9 Å². The number of benzene rings is 1. The quantitative estimate of drug-likeness (QED) is 0.454. The lowest BCUT2D eigenvalue weighted by Crippen LogP contribution is -2.27. The number of Topliss-reactive ketones (excluding diaryl/α,β-unsaturated/α-hetero) is 1. The van der Waals surface area contributed by atoms with Gasteiger partial charge in [0.25, 0.3) is 5.56 Å². The molecule has 2 aromatic heterocycles. The first-order valence-electron chi connectivity index (χ1n) is 9.93. The van der Waals surface area contributed by atoms with E-state index in [1.165, 1.54) is 4.57 Å². The molecule has 0 radical (unpaired) electrons. The van der Waals surface area contributed by atoms with Crippen LogP contribution in [0.15, 0.2) is 41.2 Å². The fourth-order valence-electron chi connectivity index (χ4n) is 3.80. The molecule has 0 aliphatic heterocycles. The highest BCUT2D eigenvalue weighted by Gasteiger charge is 2.25. The van der Waals surface area contributed by atoms with Crippen molar-refractivity contribution >= 4 is 22.7 Å². The van der Waals surface area contributed by atoms with Gasteiger partial charge in [-0.15, -0.1) is 0 Å². The number of carbonyl (C=O) groups is 2. The van der Waals surface area contributed by atoms with E-state index in [2.05, 4.69) is 0 Å². The van der Waals surface area contributed by atoms with Gasteiger partial charge in [-0.1, -0.05) is 44.2 Å². The molecule has 6 nitrogen and oxygen atoms in total. The summed E-state index contributed by atoms with van der Waals surface area (Å²) >= 11 is 0. The monoisotopic (exact) mass is 394 g/mol. The third-order valence-corrected chi connectivity index (χ3v) is 5.23. The Balaban J connectivity index is 2.22. The molecule has 29 heavy (non-hydrogen) atoms. The van der Waals surface area contributed by atoms with Crippen LogP contribution in [0.2, 0.25) is 0 Å². The molecule has 0 bridgehead atoms. The van der Waals surface area contributed by atoms with Crippen LogP contribution in [0.4, 0.5) is 0 Å². The average molecular weight is 394 g/mol. The predicted molar refractivity (Wildman–Crippen MR) is 113 cm³/mol. The maximum atomic E-state index is 13.4. The summed E-state index contributed by atoms with van der Waals surface area (Å²) in [4.78, 5) is 38.7. The molecule has 0 aliphatic carbocycles. The van der Waals surface area contributed by atoms with Crippen LogP contribution in [0.5, 0.6) is 0 Å². The molecule has 6 heteroatoms. The second-order valence-electron chi connectivity index (χ2n) is 6.89. The largest absolute Gasteiger partial charge is 0.461 e. The van der Waals surface area contributed by atoms with Crippen molar-refractivity contribution in [2.24, 2.45) is 7.05 Å². The molecule has 0 fully saturated rings. The van der Waals surface area contributed by atoms with Gasteiger partial charge in [-0.3, -0.25) is 9.59 Å². The van der Waals surface area contributed by atoms with Crippen molar-refractivity contribution in [2.45, 2.75) is 40.2 Å². The Morgan fingerprint density at radius 1 is 1.03 bits per heavy atom. The van der Waals surface area contributed by atoms with Crippen molar-refractivity contribution in [3.8, 4) is 0 Å². The number of carbonyl (C=O) groups excluding carboxylic acids is 2. The highest BCUT2D eigenvalue weighted by atomic mass is 16.5. The van der Waals surface area contributed by atoms with Crippen LogP contribution in [0, 0.1) is 0 Å². The Morgan fingerprint density at radius 3 is 2.31 bits per heavy atom. The standard InChI is InChI=1S/C23H26N2O4/c1-5-16-13-18-20(17(6-2)21(24(18)4)23(28)29-7-3)22(27)25(16)14-19(26)15-11-9-8-10-12-15/h8-13H,5-7,14H2,1-4H3. The number of rotatable bonds is 7. The van der Waals surface area contributed by atoms with Crippen LogP contribution in [0.25, 0.3) is 10.9 Å². The summed E-state index contributed by atoms with van der Waals surface area (Å²) in [5.74, 6) is -0.561. The minimum Gasteiger partial charge on any atom is -0.461 e. The van der Waals surface area contributed by atoms with E-state index in [0.717, 1.165) is 5.69 Å². The molecular weight excluding hydrogens is 368 g/mol. The second-order valence-corrected chi connectivity index (χ2v) is 6.89. The molecule has 0 saturated heterocycles. The molecule has 0 atom stereocenters. The summed E-state index contributed by atoms with van der Waals surface area (Å²) in [6, 6.07) is 10.8. The predicted octanol–water partition coefficient (Wildman–Crippen LogP) is 3.52. The van der Waals surface area contributed by atoms with E-state index in [0.29, 0.717) is 40.6 Å². The first kappa shape index (κ1) is 20.6. The van der Waals surface area contributed by atoms with Gasteiger partial charge in [-0.25, -0.2) is 4.79 Å². The van der Waals surface area contributed by atoms with Crippen molar-refractivity contribution in [1.82, 2.24) is 9.13 Å². The van der Waals surface area contributed by atoms with Crippen LogP contribution < -0.4 is 5.56 Å². The molecule has 3 aromatic rings. The normalized spacial score (nSPS) is 11.0. The third-order valence-electron chi connectivity index (χ3n) is 5.23. The first-order chi connectivity index (χ1) is 13.9. The van der Waals surface area contributed by atoms with E-state index in [4.69, 9.17) is 4.74 Å². The summed E-state index contributed by atoms with van der Waals surface area (Å²) in [6.45, 7) is 5.84. The lowest BCUT2D eigenvalue weighted by Gasteiger charge is -2.12. The molecule has 1 aromatic carbocycles. The lowest BCUT2D eigenvalue weighted by atomic mass is 10.1. The summed E-state index contributed by atoms with van der Waals surface area (Å²) in [5.41, 5.74) is 2.83. The second kappa shape index (κ2) is 8.47. The van der Waals surface area contributed by atoms with Gasteiger partial charge in [0.1, 0.15) is 5.69 Å². The topological polar surface area (TPSA) is 70.3 Å².